The Hall–Kier alpha value is -2.28. The van der Waals surface area contributed by atoms with E-state index >= 15 is 0 Å². The maximum absolute atomic E-state index is 12.4. The Kier molecular flexibility index (Phi) is 7.07. The minimum Gasteiger partial charge on any atom is -0.489 e. The maximum Gasteiger partial charge on any atom is 0.251 e. The summed E-state index contributed by atoms with van der Waals surface area (Å²) in [4.78, 5) is 26.7. The molecule has 27 heavy (non-hydrogen) atoms. The summed E-state index contributed by atoms with van der Waals surface area (Å²) in [7, 11) is 3.52. The van der Waals surface area contributed by atoms with Crippen molar-refractivity contribution in [2.75, 3.05) is 38.8 Å². The third kappa shape index (κ3) is 5.60. The van der Waals surface area contributed by atoms with Crippen LogP contribution in [0.5, 0.6) is 5.75 Å². The monoisotopic (exact) mass is 377 g/mol. The van der Waals surface area contributed by atoms with Gasteiger partial charge >= 0.3 is 0 Å². The SMILES string of the molecule is CCC(C)(C)NC(=O)CC1COc2ccc(C(=O)NCCOC)cc2N1C. The van der Waals surface area contributed by atoms with Crippen molar-refractivity contribution < 1.29 is 19.1 Å². The fourth-order valence-electron chi connectivity index (χ4n) is 2.85. The van der Waals surface area contributed by atoms with Gasteiger partial charge in [-0.2, -0.15) is 0 Å². The van der Waals surface area contributed by atoms with E-state index in [-0.39, 0.29) is 23.4 Å². The number of amides is 2. The first kappa shape index (κ1) is 21.0. The minimum absolute atomic E-state index is 0.000728. The van der Waals surface area contributed by atoms with Gasteiger partial charge in [0.25, 0.3) is 5.91 Å². The predicted octanol–water partition coefficient (Wildman–Crippen LogP) is 1.95. The Bertz CT molecular complexity index is 675. The lowest BCUT2D eigenvalue weighted by Crippen LogP contribution is -2.48. The van der Waals surface area contributed by atoms with Crippen molar-refractivity contribution >= 4 is 17.5 Å². The molecule has 150 valence electrons. The first-order chi connectivity index (χ1) is 12.8. The molecule has 0 spiro atoms. The van der Waals surface area contributed by atoms with Crippen molar-refractivity contribution in [1.82, 2.24) is 10.6 Å². The third-order valence-electron chi connectivity index (χ3n) is 4.95. The van der Waals surface area contributed by atoms with Gasteiger partial charge in [-0.05, 0) is 38.5 Å². The van der Waals surface area contributed by atoms with Crippen LogP contribution in [-0.4, -0.2) is 57.3 Å². The van der Waals surface area contributed by atoms with Gasteiger partial charge in [0.1, 0.15) is 12.4 Å². The van der Waals surface area contributed by atoms with Gasteiger partial charge < -0.3 is 25.0 Å². The lowest BCUT2D eigenvalue weighted by Gasteiger charge is -2.36. The molecule has 0 saturated heterocycles. The number of benzene rings is 1. The number of nitrogens with zero attached hydrogens (tertiary/aromatic N) is 1. The largest absolute Gasteiger partial charge is 0.489 e. The maximum atomic E-state index is 12.4. The number of carbonyl (C=O) groups excluding carboxylic acids is 2. The zero-order valence-corrected chi connectivity index (χ0v) is 16.9. The number of hydrogen-bond donors (Lipinski definition) is 2. The third-order valence-corrected chi connectivity index (χ3v) is 4.95. The van der Waals surface area contributed by atoms with Crippen molar-refractivity contribution in [2.24, 2.45) is 0 Å². The number of nitrogens with one attached hydrogen (secondary N) is 2. The summed E-state index contributed by atoms with van der Waals surface area (Å²) in [5.41, 5.74) is 1.14. The molecule has 0 aliphatic carbocycles. The zero-order valence-electron chi connectivity index (χ0n) is 16.9. The highest BCUT2D eigenvalue weighted by atomic mass is 16.5. The van der Waals surface area contributed by atoms with Crippen LogP contribution in [-0.2, 0) is 9.53 Å². The average Bonchev–Trinajstić information content (AvgIpc) is 2.63. The second kappa shape index (κ2) is 9.08. The van der Waals surface area contributed by atoms with E-state index in [2.05, 4.69) is 10.6 Å². The second-order valence-electron chi connectivity index (χ2n) is 7.50. The molecular weight excluding hydrogens is 346 g/mol. The molecule has 0 radical (unpaired) electrons. The normalized spacial score (nSPS) is 16.3. The molecule has 1 aliphatic heterocycles. The molecule has 7 nitrogen and oxygen atoms in total. The molecule has 0 saturated carbocycles. The van der Waals surface area contributed by atoms with Gasteiger partial charge in [0.15, 0.2) is 0 Å². The van der Waals surface area contributed by atoms with Crippen molar-refractivity contribution in [3.8, 4) is 5.75 Å². The van der Waals surface area contributed by atoms with Gasteiger partial charge in [0, 0.05) is 31.8 Å². The molecule has 1 unspecified atom stereocenters. The predicted molar refractivity (Wildman–Crippen MR) is 105 cm³/mol. The van der Waals surface area contributed by atoms with E-state index in [1.54, 1.807) is 25.3 Å². The highest BCUT2D eigenvalue weighted by Gasteiger charge is 2.29. The Morgan fingerprint density at radius 3 is 2.78 bits per heavy atom. The van der Waals surface area contributed by atoms with Gasteiger partial charge in [0.05, 0.1) is 24.8 Å². The Morgan fingerprint density at radius 2 is 2.11 bits per heavy atom. The Morgan fingerprint density at radius 1 is 1.37 bits per heavy atom. The summed E-state index contributed by atoms with van der Waals surface area (Å²) >= 11 is 0. The number of carbonyl (C=O) groups is 2. The van der Waals surface area contributed by atoms with Crippen molar-refractivity contribution in [3.63, 3.8) is 0 Å². The van der Waals surface area contributed by atoms with Crippen molar-refractivity contribution in [3.05, 3.63) is 23.8 Å². The molecule has 1 aromatic rings. The van der Waals surface area contributed by atoms with E-state index in [4.69, 9.17) is 9.47 Å². The van der Waals surface area contributed by atoms with Crippen LogP contribution >= 0.6 is 0 Å². The molecule has 1 heterocycles. The topological polar surface area (TPSA) is 79.9 Å². The van der Waals surface area contributed by atoms with Crippen molar-refractivity contribution in [2.45, 2.75) is 45.2 Å². The minimum atomic E-state index is -0.226. The summed E-state index contributed by atoms with van der Waals surface area (Å²) in [5, 5.41) is 5.87. The van der Waals surface area contributed by atoms with Crippen LogP contribution in [0, 0.1) is 0 Å². The fraction of sp³-hybridized carbons (Fsp3) is 0.600. The Balaban J connectivity index is 2.06. The number of ether oxygens (including phenoxy) is 2. The number of fused-ring (bicyclic) bond motifs is 1. The molecule has 2 amide bonds. The number of hydrogen-bond acceptors (Lipinski definition) is 5. The quantitative estimate of drug-likeness (QED) is 0.677. The number of anilines is 1. The van der Waals surface area contributed by atoms with Crippen LogP contribution in [0.1, 0.15) is 44.0 Å². The average molecular weight is 377 g/mol. The number of likely N-dealkylation sites (N-methyl/N-ethyl adjacent to an activating group) is 1. The summed E-state index contributed by atoms with van der Waals surface area (Å²) < 4.78 is 10.8. The number of rotatable bonds is 8. The first-order valence-electron chi connectivity index (χ1n) is 9.35. The molecule has 2 N–H and O–H groups in total. The fourth-order valence-corrected chi connectivity index (χ4v) is 2.85. The van der Waals surface area contributed by atoms with E-state index in [0.29, 0.717) is 31.7 Å². The summed E-state index contributed by atoms with van der Waals surface area (Å²) in [6.07, 6.45) is 1.20. The molecule has 2 rings (SSSR count). The van der Waals surface area contributed by atoms with Crippen LogP contribution in [0.25, 0.3) is 0 Å². The van der Waals surface area contributed by atoms with Crippen molar-refractivity contribution in [1.29, 1.82) is 0 Å². The summed E-state index contributed by atoms with van der Waals surface area (Å²) in [6, 6.07) is 5.26. The molecule has 0 bridgehead atoms. The summed E-state index contributed by atoms with van der Waals surface area (Å²) in [5.74, 6) is 0.559. The molecule has 1 atom stereocenters. The van der Waals surface area contributed by atoms with Gasteiger partial charge in [-0.15, -0.1) is 0 Å². The van der Waals surface area contributed by atoms with E-state index in [1.165, 1.54) is 0 Å². The van der Waals surface area contributed by atoms with Gasteiger partial charge in [-0.3, -0.25) is 9.59 Å². The molecule has 1 aliphatic rings. The van der Waals surface area contributed by atoms with E-state index < -0.39 is 0 Å². The van der Waals surface area contributed by atoms with E-state index in [1.807, 2.05) is 32.7 Å². The summed E-state index contributed by atoms with van der Waals surface area (Å²) in [6.45, 7) is 7.42. The lowest BCUT2D eigenvalue weighted by molar-refractivity contribution is -0.123. The number of methoxy groups -OCH3 is 1. The zero-order chi connectivity index (χ0) is 20.0. The molecule has 0 aromatic heterocycles. The molecule has 1 aromatic carbocycles. The van der Waals surface area contributed by atoms with Crippen LogP contribution in [0.3, 0.4) is 0 Å². The van der Waals surface area contributed by atoms with E-state index in [0.717, 1.165) is 17.9 Å². The first-order valence-corrected chi connectivity index (χ1v) is 9.35. The lowest BCUT2D eigenvalue weighted by atomic mass is 10.0. The molecule has 0 fully saturated rings. The van der Waals surface area contributed by atoms with Gasteiger partial charge in [-0.25, -0.2) is 0 Å². The highest BCUT2D eigenvalue weighted by molar-refractivity contribution is 5.95. The highest BCUT2D eigenvalue weighted by Crippen LogP contribution is 2.34. The Labute approximate surface area is 161 Å². The molecule has 7 heteroatoms. The van der Waals surface area contributed by atoms with E-state index in [9.17, 15) is 9.59 Å². The van der Waals surface area contributed by atoms with Gasteiger partial charge in [-0.1, -0.05) is 6.92 Å². The van der Waals surface area contributed by atoms with Crippen LogP contribution in [0.4, 0.5) is 5.69 Å². The standard InChI is InChI=1S/C20H31N3O4/c1-6-20(2,3)22-18(24)12-15-13-27-17-8-7-14(11-16(17)23(15)4)19(25)21-9-10-26-5/h7-8,11,15H,6,9-10,12-13H2,1-5H3,(H,21,25)(H,22,24). The second-order valence-corrected chi connectivity index (χ2v) is 7.50. The smallest absolute Gasteiger partial charge is 0.251 e. The van der Waals surface area contributed by atoms with Crippen LogP contribution in [0.15, 0.2) is 18.2 Å². The molecular formula is C20H31N3O4. The van der Waals surface area contributed by atoms with Crippen LogP contribution in [0.2, 0.25) is 0 Å². The van der Waals surface area contributed by atoms with Gasteiger partial charge in [0.2, 0.25) is 5.91 Å². The van der Waals surface area contributed by atoms with Crippen LogP contribution < -0.4 is 20.3 Å².